The zero-order valence-electron chi connectivity index (χ0n) is 13.3. The molecule has 6 heteroatoms. The Hall–Kier alpha value is -2.08. The molecule has 0 aliphatic carbocycles. The highest BCUT2D eigenvalue weighted by Crippen LogP contribution is 2.16. The van der Waals surface area contributed by atoms with Crippen LogP contribution in [0.5, 0.6) is 0 Å². The third-order valence-corrected chi connectivity index (χ3v) is 4.06. The second-order valence-corrected chi connectivity index (χ2v) is 5.62. The summed E-state index contributed by atoms with van der Waals surface area (Å²) in [4.78, 5) is 19.6. The number of aromatic nitrogens is 2. The van der Waals surface area contributed by atoms with Gasteiger partial charge in [0.25, 0.3) is 0 Å². The van der Waals surface area contributed by atoms with Crippen molar-refractivity contribution < 1.29 is 9.90 Å². The molecule has 0 spiro atoms. The Morgan fingerprint density at radius 2 is 2.05 bits per heavy atom. The molecule has 120 valence electrons. The fourth-order valence-electron chi connectivity index (χ4n) is 2.24. The van der Waals surface area contributed by atoms with Gasteiger partial charge in [0.15, 0.2) is 0 Å². The smallest absolute Gasteiger partial charge is 0.315 e. The Kier molecular flexibility index (Phi) is 5.03. The molecule has 0 aliphatic rings. The molecule has 2 amide bonds. The van der Waals surface area contributed by atoms with Crippen molar-refractivity contribution in [2.45, 2.75) is 45.3 Å². The summed E-state index contributed by atoms with van der Waals surface area (Å²) in [7, 11) is 0. The van der Waals surface area contributed by atoms with Gasteiger partial charge in [0.05, 0.1) is 22.7 Å². The quantitative estimate of drug-likeness (QED) is 0.661. The van der Waals surface area contributed by atoms with Crippen LogP contribution in [0.2, 0.25) is 0 Å². The second-order valence-electron chi connectivity index (χ2n) is 5.62. The summed E-state index contributed by atoms with van der Waals surface area (Å²) in [6, 6.07) is 7.17. The number of fused-ring (bicyclic) bond motifs is 1. The standard InChI is InChI=1S/C16H24N4O2/c1-4-16(22,5-2)10-17-15(21)18-11(3)14-19-12-8-6-7-9-13(12)20-14/h6-9,11,22H,4-5,10H2,1-3H3,(H,19,20)(H2,17,18,21). The number of carbonyl (C=O) groups excluding carboxylic acids is 1. The molecule has 1 aromatic carbocycles. The highest BCUT2D eigenvalue weighted by molar-refractivity contribution is 5.76. The molecular weight excluding hydrogens is 280 g/mol. The van der Waals surface area contributed by atoms with Crippen LogP contribution in [0.1, 0.15) is 45.5 Å². The molecule has 22 heavy (non-hydrogen) atoms. The van der Waals surface area contributed by atoms with Crippen molar-refractivity contribution in [3.05, 3.63) is 30.1 Å². The maximum Gasteiger partial charge on any atom is 0.315 e. The van der Waals surface area contributed by atoms with Gasteiger partial charge in [-0.2, -0.15) is 0 Å². The average Bonchev–Trinajstić information content (AvgIpc) is 2.97. The highest BCUT2D eigenvalue weighted by atomic mass is 16.3. The lowest BCUT2D eigenvalue weighted by atomic mass is 9.98. The first-order valence-electron chi connectivity index (χ1n) is 7.69. The molecule has 0 saturated heterocycles. The minimum Gasteiger partial charge on any atom is -0.388 e. The van der Waals surface area contributed by atoms with Crippen molar-refractivity contribution in [3.8, 4) is 0 Å². The zero-order valence-corrected chi connectivity index (χ0v) is 13.3. The molecule has 1 heterocycles. The van der Waals surface area contributed by atoms with Crippen molar-refractivity contribution in [1.29, 1.82) is 0 Å². The van der Waals surface area contributed by atoms with Gasteiger partial charge in [0.2, 0.25) is 0 Å². The summed E-state index contributed by atoms with van der Waals surface area (Å²) in [5.41, 5.74) is 0.968. The maximum absolute atomic E-state index is 11.9. The fourth-order valence-corrected chi connectivity index (χ4v) is 2.24. The molecule has 1 unspecified atom stereocenters. The molecule has 0 bridgehead atoms. The van der Waals surface area contributed by atoms with E-state index >= 15 is 0 Å². The summed E-state index contributed by atoms with van der Waals surface area (Å²) in [6.07, 6.45) is 1.20. The Bertz CT molecular complexity index is 601. The monoisotopic (exact) mass is 304 g/mol. The fraction of sp³-hybridized carbons (Fsp3) is 0.500. The first kappa shape index (κ1) is 16.3. The minimum absolute atomic E-state index is 0.235. The summed E-state index contributed by atoms with van der Waals surface area (Å²) < 4.78 is 0. The third-order valence-electron chi connectivity index (χ3n) is 4.06. The molecule has 0 fully saturated rings. The van der Waals surface area contributed by atoms with Crippen LogP contribution in [0.4, 0.5) is 4.79 Å². The van der Waals surface area contributed by atoms with E-state index in [0.29, 0.717) is 18.7 Å². The van der Waals surface area contributed by atoms with Crippen LogP contribution in [-0.2, 0) is 0 Å². The van der Waals surface area contributed by atoms with Gasteiger partial charge in [0.1, 0.15) is 5.82 Å². The number of aromatic amines is 1. The van der Waals surface area contributed by atoms with E-state index < -0.39 is 5.60 Å². The normalized spacial score (nSPS) is 13.1. The van der Waals surface area contributed by atoms with Crippen molar-refractivity contribution in [1.82, 2.24) is 20.6 Å². The van der Waals surface area contributed by atoms with E-state index in [-0.39, 0.29) is 18.6 Å². The van der Waals surface area contributed by atoms with E-state index in [1.807, 2.05) is 45.0 Å². The predicted octanol–water partition coefficient (Wildman–Crippen LogP) is 2.47. The number of para-hydroxylation sites is 2. The summed E-state index contributed by atoms with van der Waals surface area (Å²) >= 11 is 0. The topological polar surface area (TPSA) is 90.0 Å². The van der Waals surface area contributed by atoms with Gasteiger partial charge in [-0.05, 0) is 31.9 Å². The highest BCUT2D eigenvalue weighted by Gasteiger charge is 2.23. The number of carbonyl (C=O) groups is 1. The number of amides is 2. The Balaban J connectivity index is 1.93. The Labute approximate surface area is 130 Å². The molecule has 1 aromatic heterocycles. The van der Waals surface area contributed by atoms with E-state index in [0.717, 1.165) is 11.0 Å². The van der Waals surface area contributed by atoms with Gasteiger partial charge < -0.3 is 20.7 Å². The Morgan fingerprint density at radius 3 is 2.68 bits per heavy atom. The molecule has 6 nitrogen and oxygen atoms in total. The molecule has 0 saturated carbocycles. The van der Waals surface area contributed by atoms with Gasteiger partial charge in [-0.25, -0.2) is 9.78 Å². The molecule has 1 atom stereocenters. The van der Waals surface area contributed by atoms with E-state index in [9.17, 15) is 9.90 Å². The van der Waals surface area contributed by atoms with Crippen molar-refractivity contribution in [2.75, 3.05) is 6.54 Å². The largest absolute Gasteiger partial charge is 0.388 e. The number of hydrogen-bond donors (Lipinski definition) is 4. The Morgan fingerprint density at radius 1 is 1.36 bits per heavy atom. The first-order chi connectivity index (χ1) is 10.5. The number of benzene rings is 1. The molecular formula is C16H24N4O2. The summed E-state index contributed by atoms with van der Waals surface area (Å²) in [5.74, 6) is 0.706. The zero-order chi connectivity index (χ0) is 16.2. The number of H-pyrrole nitrogens is 1. The molecule has 0 radical (unpaired) electrons. The first-order valence-corrected chi connectivity index (χ1v) is 7.69. The maximum atomic E-state index is 11.9. The molecule has 2 aromatic rings. The van der Waals surface area contributed by atoms with E-state index in [1.165, 1.54) is 0 Å². The van der Waals surface area contributed by atoms with Crippen LogP contribution in [0, 0.1) is 0 Å². The van der Waals surface area contributed by atoms with E-state index in [2.05, 4.69) is 20.6 Å². The van der Waals surface area contributed by atoms with Gasteiger partial charge in [0, 0.05) is 6.54 Å². The lowest BCUT2D eigenvalue weighted by molar-refractivity contribution is 0.0349. The summed E-state index contributed by atoms with van der Waals surface area (Å²) in [5, 5.41) is 15.7. The third kappa shape index (κ3) is 3.76. The number of imidazole rings is 1. The number of urea groups is 1. The van der Waals surface area contributed by atoms with Crippen molar-refractivity contribution in [3.63, 3.8) is 0 Å². The number of nitrogens with one attached hydrogen (secondary N) is 3. The van der Waals surface area contributed by atoms with Gasteiger partial charge in [-0.3, -0.25) is 0 Å². The molecule has 4 N–H and O–H groups in total. The van der Waals surface area contributed by atoms with Gasteiger partial charge >= 0.3 is 6.03 Å². The number of nitrogens with zero attached hydrogens (tertiary/aromatic N) is 1. The van der Waals surface area contributed by atoms with Crippen LogP contribution in [0.15, 0.2) is 24.3 Å². The number of aliphatic hydroxyl groups is 1. The number of rotatable bonds is 6. The van der Waals surface area contributed by atoms with Gasteiger partial charge in [-0.15, -0.1) is 0 Å². The second kappa shape index (κ2) is 6.79. The molecule has 0 aliphatic heterocycles. The van der Waals surface area contributed by atoms with Crippen LogP contribution in [-0.4, -0.2) is 33.3 Å². The van der Waals surface area contributed by atoms with Crippen LogP contribution >= 0.6 is 0 Å². The van der Waals surface area contributed by atoms with E-state index in [1.54, 1.807) is 0 Å². The van der Waals surface area contributed by atoms with Crippen LogP contribution in [0.3, 0.4) is 0 Å². The van der Waals surface area contributed by atoms with Crippen molar-refractivity contribution >= 4 is 17.1 Å². The lowest BCUT2D eigenvalue weighted by Gasteiger charge is -2.25. The van der Waals surface area contributed by atoms with Crippen molar-refractivity contribution in [2.24, 2.45) is 0 Å². The molecule has 2 rings (SSSR count). The van der Waals surface area contributed by atoms with Crippen LogP contribution < -0.4 is 10.6 Å². The SMILES string of the molecule is CCC(O)(CC)CNC(=O)NC(C)c1nc2ccccc2[nH]1. The van der Waals surface area contributed by atoms with Crippen LogP contribution in [0.25, 0.3) is 11.0 Å². The van der Waals surface area contributed by atoms with E-state index in [4.69, 9.17) is 0 Å². The van der Waals surface area contributed by atoms with Gasteiger partial charge in [-0.1, -0.05) is 26.0 Å². The minimum atomic E-state index is -0.847. The summed E-state index contributed by atoms with van der Waals surface area (Å²) in [6.45, 7) is 5.90. The number of hydrogen-bond acceptors (Lipinski definition) is 3. The lowest BCUT2D eigenvalue weighted by Crippen LogP contribution is -2.46. The average molecular weight is 304 g/mol. The predicted molar refractivity (Wildman–Crippen MR) is 86.6 cm³/mol.